The predicted octanol–water partition coefficient (Wildman–Crippen LogP) is 2.28. The molecule has 0 spiro atoms. The first-order chi connectivity index (χ1) is 5.24. The quantitative estimate of drug-likeness (QED) is 0.477. The Balaban J connectivity index is 2.45. The van der Waals surface area contributed by atoms with Gasteiger partial charge in [-0.05, 0) is 25.7 Å². The van der Waals surface area contributed by atoms with E-state index in [1.807, 2.05) is 7.05 Å². The van der Waals surface area contributed by atoms with Crippen LogP contribution in [0.2, 0.25) is 0 Å². The molecule has 11 heavy (non-hydrogen) atoms. The molecular weight excluding hydrogens is 154 g/mol. The molecule has 0 aromatic rings. The second-order valence-corrected chi connectivity index (χ2v) is 3.60. The Labute approximate surface area is 73.9 Å². The summed E-state index contributed by atoms with van der Waals surface area (Å²) in [5.74, 6) is 0.566. The summed E-state index contributed by atoms with van der Waals surface area (Å²) in [4.78, 5) is 1.01. The molecule has 0 radical (unpaired) electrons. The molecule has 0 aromatic carbocycles. The molecule has 1 aliphatic carbocycles. The maximum absolute atomic E-state index is 5.18. The number of hydrogen-bond donors (Lipinski definition) is 1. The fraction of sp³-hybridized carbons (Fsp3) is 0.667. The van der Waals surface area contributed by atoms with Crippen LogP contribution < -0.4 is 5.32 Å². The van der Waals surface area contributed by atoms with Gasteiger partial charge in [-0.1, -0.05) is 24.4 Å². The average Bonchev–Trinajstić information content (AvgIpc) is 2.03. The molecule has 1 unspecified atom stereocenters. The fourth-order valence-electron chi connectivity index (χ4n) is 1.58. The smallest absolute Gasteiger partial charge is 0.0785 e. The second kappa shape index (κ2) is 3.86. The molecule has 0 aromatic heterocycles. The molecule has 0 heterocycles. The van der Waals surface area contributed by atoms with Gasteiger partial charge in [0.1, 0.15) is 0 Å². The summed E-state index contributed by atoms with van der Waals surface area (Å²) in [7, 11) is 1.90. The summed E-state index contributed by atoms with van der Waals surface area (Å²) >= 11 is 5.18. The van der Waals surface area contributed by atoms with E-state index in [9.17, 15) is 0 Å². The number of nitrogens with one attached hydrogen (secondary N) is 1. The van der Waals surface area contributed by atoms with Crippen molar-refractivity contribution in [3.8, 4) is 0 Å². The van der Waals surface area contributed by atoms with Crippen LogP contribution in [-0.2, 0) is 0 Å². The Morgan fingerprint density at radius 3 is 3.00 bits per heavy atom. The molecule has 62 valence electrons. The molecule has 1 nitrogen and oxygen atoms in total. The monoisotopic (exact) mass is 169 g/mol. The first kappa shape index (κ1) is 8.72. The van der Waals surface area contributed by atoms with Gasteiger partial charge < -0.3 is 5.32 Å². The minimum atomic E-state index is 0.566. The lowest BCUT2D eigenvalue weighted by atomic mass is 9.86. The second-order valence-electron chi connectivity index (χ2n) is 3.16. The third kappa shape index (κ3) is 2.29. The Morgan fingerprint density at radius 1 is 1.73 bits per heavy atom. The molecule has 1 aliphatic rings. The maximum Gasteiger partial charge on any atom is 0.0785 e. The summed E-state index contributed by atoms with van der Waals surface area (Å²) in [6.45, 7) is 3.99. The standard InChI is InChI=1S/C9H15NS/c1-7-4-3-5-8(6-7)9(11)10-2/h8H,1,3-6H2,2H3,(H,10,11). The molecule has 1 rings (SSSR count). The van der Waals surface area contributed by atoms with E-state index in [0.29, 0.717) is 5.92 Å². The fourth-order valence-corrected chi connectivity index (χ4v) is 1.78. The SMILES string of the molecule is C=C1CCCC(C(=S)NC)C1. The van der Waals surface area contributed by atoms with Crippen LogP contribution in [-0.4, -0.2) is 12.0 Å². The zero-order valence-electron chi connectivity index (χ0n) is 7.02. The van der Waals surface area contributed by atoms with E-state index in [-0.39, 0.29) is 0 Å². The van der Waals surface area contributed by atoms with Crippen LogP contribution in [0.25, 0.3) is 0 Å². The van der Waals surface area contributed by atoms with Crippen molar-refractivity contribution in [3.63, 3.8) is 0 Å². The number of thiocarbonyl (C=S) groups is 1. The zero-order valence-corrected chi connectivity index (χ0v) is 7.84. The van der Waals surface area contributed by atoms with E-state index in [1.54, 1.807) is 0 Å². The molecule has 1 N–H and O–H groups in total. The molecule has 1 fully saturated rings. The highest BCUT2D eigenvalue weighted by molar-refractivity contribution is 7.80. The molecule has 0 amide bonds. The molecule has 1 saturated carbocycles. The minimum Gasteiger partial charge on any atom is -0.382 e. The molecule has 0 aliphatic heterocycles. The van der Waals surface area contributed by atoms with E-state index < -0.39 is 0 Å². The lowest BCUT2D eigenvalue weighted by Crippen LogP contribution is -2.27. The van der Waals surface area contributed by atoms with Gasteiger partial charge in [0, 0.05) is 13.0 Å². The first-order valence-corrected chi connectivity index (χ1v) is 4.53. The topological polar surface area (TPSA) is 12.0 Å². The zero-order chi connectivity index (χ0) is 8.27. The highest BCUT2D eigenvalue weighted by Crippen LogP contribution is 2.27. The van der Waals surface area contributed by atoms with Crippen molar-refractivity contribution in [2.24, 2.45) is 5.92 Å². The highest BCUT2D eigenvalue weighted by atomic mass is 32.1. The van der Waals surface area contributed by atoms with Gasteiger partial charge in [-0.2, -0.15) is 0 Å². The number of allylic oxidation sites excluding steroid dienone is 1. The molecule has 0 saturated heterocycles. The lowest BCUT2D eigenvalue weighted by molar-refractivity contribution is 0.518. The van der Waals surface area contributed by atoms with Gasteiger partial charge >= 0.3 is 0 Å². The lowest BCUT2D eigenvalue weighted by Gasteiger charge is -2.23. The summed E-state index contributed by atoms with van der Waals surface area (Å²) < 4.78 is 0. The third-order valence-corrected chi connectivity index (χ3v) is 2.77. The normalized spacial score (nSPS) is 24.8. The molecule has 1 atom stereocenters. The maximum atomic E-state index is 5.18. The van der Waals surface area contributed by atoms with Crippen molar-refractivity contribution >= 4 is 17.2 Å². The van der Waals surface area contributed by atoms with Gasteiger partial charge in [-0.3, -0.25) is 0 Å². The van der Waals surface area contributed by atoms with E-state index in [1.165, 1.54) is 24.8 Å². The van der Waals surface area contributed by atoms with Crippen molar-refractivity contribution in [1.29, 1.82) is 0 Å². The predicted molar refractivity (Wildman–Crippen MR) is 52.8 cm³/mol. The summed E-state index contributed by atoms with van der Waals surface area (Å²) in [5.41, 5.74) is 1.36. The molecular formula is C9H15NS. The third-order valence-electron chi connectivity index (χ3n) is 2.24. The van der Waals surface area contributed by atoms with Crippen molar-refractivity contribution in [1.82, 2.24) is 5.32 Å². The Kier molecular flexibility index (Phi) is 3.06. The molecule has 2 heteroatoms. The largest absolute Gasteiger partial charge is 0.382 e. The summed E-state index contributed by atoms with van der Waals surface area (Å²) in [6, 6.07) is 0. The van der Waals surface area contributed by atoms with Gasteiger partial charge in [-0.15, -0.1) is 0 Å². The average molecular weight is 169 g/mol. The van der Waals surface area contributed by atoms with Gasteiger partial charge in [0.15, 0.2) is 0 Å². The van der Waals surface area contributed by atoms with E-state index >= 15 is 0 Å². The van der Waals surface area contributed by atoms with Crippen LogP contribution in [0.1, 0.15) is 25.7 Å². The van der Waals surface area contributed by atoms with E-state index in [2.05, 4.69) is 11.9 Å². The van der Waals surface area contributed by atoms with Crippen LogP contribution >= 0.6 is 12.2 Å². The Hall–Kier alpha value is -0.370. The number of hydrogen-bond acceptors (Lipinski definition) is 1. The Bertz CT molecular complexity index is 174. The van der Waals surface area contributed by atoms with E-state index in [4.69, 9.17) is 12.2 Å². The van der Waals surface area contributed by atoms with E-state index in [0.717, 1.165) is 11.4 Å². The van der Waals surface area contributed by atoms with Crippen molar-refractivity contribution in [2.75, 3.05) is 7.05 Å². The van der Waals surface area contributed by atoms with Crippen LogP contribution in [0.5, 0.6) is 0 Å². The van der Waals surface area contributed by atoms with Crippen LogP contribution in [0.3, 0.4) is 0 Å². The summed E-state index contributed by atoms with van der Waals surface area (Å²) in [5, 5.41) is 3.05. The van der Waals surface area contributed by atoms with Crippen molar-refractivity contribution in [3.05, 3.63) is 12.2 Å². The number of rotatable bonds is 1. The molecule has 0 bridgehead atoms. The summed E-state index contributed by atoms with van der Waals surface area (Å²) in [6.07, 6.45) is 4.78. The van der Waals surface area contributed by atoms with Crippen LogP contribution in [0.15, 0.2) is 12.2 Å². The highest BCUT2D eigenvalue weighted by Gasteiger charge is 2.18. The van der Waals surface area contributed by atoms with Gasteiger partial charge in [-0.25, -0.2) is 0 Å². The first-order valence-electron chi connectivity index (χ1n) is 4.12. The van der Waals surface area contributed by atoms with Crippen LogP contribution in [0, 0.1) is 5.92 Å². The van der Waals surface area contributed by atoms with Crippen molar-refractivity contribution < 1.29 is 0 Å². The van der Waals surface area contributed by atoms with Crippen molar-refractivity contribution in [2.45, 2.75) is 25.7 Å². The van der Waals surface area contributed by atoms with Gasteiger partial charge in [0.2, 0.25) is 0 Å². The van der Waals surface area contributed by atoms with Crippen LogP contribution in [0.4, 0.5) is 0 Å². The Morgan fingerprint density at radius 2 is 2.45 bits per heavy atom. The van der Waals surface area contributed by atoms with Gasteiger partial charge in [0.25, 0.3) is 0 Å². The van der Waals surface area contributed by atoms with Gasteiger partial charge in [0.05, 0.1) is 4.99 Å². The minimum absolute atomic E-state index is 0.566.